The highest BCUT2D eigenvalue weighted by Crippen LogP contribution is 2.38. The molecule has 39 heavy (non-hydrogen) atoms. The van der Waals surface area contributed by atoms with E-state index in [9.17, 15) is 18.8 Å². The van der Waals surface area contributed by atoms with Gasteiger partial charge in [0, 0.05) is 32.8 Å². The molecule has 12 nitrogen and oxygen atoms in total. The third kappa shape index (κ3) is 5.31. The number of rotatable bonds is 7. The highest BCUT2D eigenvalue weighted by molar-refractivity contribution is 6.00. The maximum absolute atomic E-state index is 13.7. The van der Waals surface area contributed by atoms with Crippen molar-refractivity contribution in [3.63, 3.8) is 0 Å². The zero-order chi connectivity index (χ0) is 28.1. The molecule has 4 atom stereocenters. The van der Waals surface area contributed by atoms with E-state index in [-0.39, 0.29) is 47.1 Å². The third-order valence-corrected chi connectivity index (χ3v) is 6.81. The molecule has 2 N–H and O–H groups in total. The van der Waals surface area contributed by atoms with Crippen molar-refractivity contribution in [2.75, 3.05) is 24.4 Å². The fourth-order valence-electron chi connectivity index (χ4n) is 4.44. The van der Waals surface area contributed by atoms with E-state index in [1.54, 1.807) is 46.2 Å². The molecule has 3 aromatic heterocycles. The summed E-state index contributed by atoms with van der Waals surface area (Å²) in [6.45, 7) is 5.25. The van der Waals surface area contributed by atoms with Gasteiger partial charge in [-0.05, 0) is 45.7 Å². The van der Waals surface area contributed by atoms with Crippen LogP contribution in [0.1, 0.15) is 56.4 Å². The molecule has 1 unspecified atom stereocenters. The van der Waals surface area contributed by atoms with E-state index in [0.717, 1.165) is 12.8 Å². The lowest BCUT2D eigenvalue weighted by atomic mass is 9.89. The molecule has 0 radical (unpaired) electrons. The summed E-state index contributed by atoms with van der Waals surface area (Å²) in [7, 11) is 3.11. The van der Waals surface area contributed by atoms with Gasteiger partial charge in [0.25, 0.3) is 11.5 Å². The van der Waals surface area contributed by atoms with Crippen LogP contribution in [0, 0.1) is 0 Å². The van der Waals surface area contributed by atoms with E-state index < -0.39 is 35.4 Å². The van der Waals surface area contributed by atoms with Gasteiger partial charge in [0.1, 0.15) is 34.7 Å². The van der Waals surface area contributed by atoms with Crippen LogP contribution in [0.25, 0.3) is 5.65 Å². The number of nitrogens with one attached hydrogen (secondary N) is 2. The maximum Gasteiger partial charge on any atom is 0.415 e. The van der Waals surface area contributed by atoms with Crippen LogP contribution in [0.2, 0.25) is 0 Å². The summed E-state index contributed by atoms with van der Waals surface area (Å²) in [6.07, 6.45) is 3.08. The summed E-state index contributed by atoms with van der Waals surface area (Å²) in [5, 5.41) is 10.3. The second kappa shape index (κ2) is 9.95. The first-order chi connectivity index (χ1) is 18.5. The standard InChI is InChI=1S/C26H32FN7O5/c1-26(2,3)39-25(37)32(4)21-12-20(29-17-7-6-10-33(24(17)36)18-11-15(18)27)31-22-14(13-28-34(21)22)23(35)30-16-8-9-19(16)38-5/h6-7,10,12-13,15-16,18-19H,8-9,11H2,1-5H3,(H,29,31)(H,30,35)/t15-,16?,18-,19-/m0/s1. The Balaban J connectivity index is 1.54. The van der Waals surface area contributed by atoms with Crippen molar-refractivity contribution < 1.29 is 23.5 Å². The number of halogens is 1. The summed E-state index contributed by atoms with van der Waals surface area (Å²) < 4.78 is 27.3. The minimum Gasteiger partial charge on any atom is -0.443 e. The molecule has 0 spiro atoms. The molecule has 0 saturated heterocycles. The number of pyridine rings is 1. The second-order valence-electron chi connectivity index (χ2n) is 10.8. The Labute approximate surface area is 224 Å². The van der Waals surface area contributed by atoms with Crippen molar-refractivity contribution >= 4 is 35.0 Å². The molecule has 3 aromatic rings. The van der Waals surface area contributed by atoms with Gasteiger partial charge >= 0.3 is 6.09 Å². The first-order valence-corrected chi connectivity index (χ1v) is 12.8. The summed E-state index contributed by atoms with van der Waals surface area (Å²) in [4.78, 5) is 44.9. The fourth-order valence-corrected chi connectivity index (χ4v) is 4.44. The van der Waals surface area contributed by atoms with Gasteiger partial charge in [-0.3, -0.25) is 14.5 Å². The Morgan fingerprint density at radius 3 is 2.62 bits per heavy atom. The van der Waals surface area contributed by atoms with Crippen LogP contribution in [0.5, 0.6) is 0 Å². The van der Waals surface area contributed by atoms with Crippen molar-refractivity contribution in [2.45, 2.75) is 70.0 Å². The monoisotopic (exact) mass is 541 g/mol. The van der Waals surface area contributed by atoms with E-state index in [4.69, 9.17) is 9.47 Å². The molecule has 3 heterocycles. The van der Waals surface area contributed by atoms with Crippen LogP contribution in [-0.4, -0.2) is 69.2 Å². The predicted molar refractivity (Wildman–Crippen MR) is 141 cm³/mol. The fraction of sp³-hybridized carbons (Fsp3) is 0.500. The van der Waals surface area contributed by atoms with E-state index in [2.05, 4.69) is 20.7 Å². The number of fused-ring (bicyclic) bond motifs is 1. The molecule has 2 aliphatic carbocycles. The van der Waals surface area contributed by atoms with Crippen LogP contribution in [-0.2, 0) is 9.47 Å². The van der Waals surface area contributed by atoms with Gasteiger partial charge in [0.2, 0.25) is 0 Å². The first-order valence-electron chi connectivity index (χ1n) is 12.8. The Morgan fingerprint density at radius 2 is 2.00 bits per heavy atom. The van der Waals surface area contributed by atoms with Crippen LogP contribution in [0.15, 0.2) is 35.4 Å². The normalized spacial score (nSPS) is 22.2. The topological polar surface area (TPSA) is 132 Å². The zero-order valence-electron chi connectivity index (χ0n) is 22.5. The largest absolute Gasteiger partial charge is 0.443 e. The molecule has 5 rings (SSSR count). The summed E-state index contributed by atoms with van der Waals surface area (Å²) in [5.74, 6) is 0.0388. The number of ether oxygens (including phenoxy) is 2. The molecule has 0 aliphatic heterocycles. The smallest absolute Gasteiger partial charge is 0.415 e. The Kier molecular flexibility index (Phi) is 6.79. The van der Waals surface area contributed by atoms with Crippen LogP contribution in [0.4, 0.5) is 26.5 Å². The quantitative estimate of drug-likeness (QED) is 0.466. The highest BCUT2D eigenvalue weighted by Gasteiger charge is 2.40. The molecule has 13 heteroatoms. The van der Waals surface area contributed by atoms with Gasteiger partial charge < -0.3 is 24.7 Å². The van der Waals surface area contributed by atoms with Gasteiger partial charge in [-0.15, -0.1) is 0 Å². The molecule has 2 saturated carbocycles. The number of alkyl halides is 1. The number of aromatic nitrogens is 4. The number of anilines is 3. The summed E-state index contributed by atoms with van der Waals surface area (Å²) in [5.41, 5.74) is -0.641. The van der Waals surface area contributed by atoms with Crippen molar-refractivity contribution in [1.29, 1.82) is 0 Å². The number of hydrogen-bond acceptors (Lipinski definition) is 8. The van der Waals surface area contributed by atoms with Crippen molar-refractivity contribution in [3.8, 4) is 0 Å². The van der Waals surface area contributed by atoms with Gasteiger partial charge in [-0.25, -0.2) is 14.2 Å². The number of carbonyl (C=O) groups excluding carboxylic acids is 2. The van der Waals surface area contributed by atoms with Crippen molar-refractivity contribution in [3.05, 3.63) is 46.5 Å². The molecular formula is C26H32FN7O5. The van der Waals surface area contributed by atoms with Gasteiger partial charge in [0.05, 0.1) is 24.4 Å². The lowest BCUT2D eigenvalue weighted by Gasteiger charge is -2.35. The van der Waals surface area contributed by atoms with Crippen molar-refractivity contribution in [1.82, 2.24) is 24.5 Å². The SMILES string of the molecule is CO[C@H]1CCC1NC(=O)c1cnn2c(N(C)C(=O)OC(C)(C)C)cc(Nc3cccn([C@H]4C[C@@H]4F)c3=O)nc12. The number of nitrogens with zero attached hydrogens (tertiary/aromatic N) is 5. The molecule has 2 aliphatic rings. The molecule has 0 aromatic carbocycles. The highest BCUT2D eigenvalue weighted by atomic mass is 19.1. The van der Waals surface area contributed by atoms with E-state index in [1.165, 1.54) is 33.3 Å². The molecule has 2 amide bonds. The van der Waals surface area contributed by atoms with Gasteiger partial charge in [-0.2, -0.15) is 9.61 Å². The van der Waals surface area contributed by atoms with Crippen LogP contribution < -0.4 is 21.1 Å². The van der Waals surface area contributed by atoms with Gasteiger partial charge in [-0.1, -0.05) is 0 Å². The van der Waals surface area contributed by atoms with Crippen molar-refractivity contribution in [2.24, 2.45) is 0 Å². The summed E-state index contributed by atoms with van der Waals surface area (Å²) >= 11 is 0. The molecule has 2 fully saturated rings. The molecule has 0 bridgehead atoms. The van der Waals surface area contributed by atoms with Gasteiger partial charge in [0.15, 0.2) is 5.65 Å². The average molecular weight is 542 g/mol. The number of amides is 2. The molecular weight excluding hydrogens is 509 g/mol. The third-order valence-electron chi connectivity index (χ3n) is 6.81. The Bertz CT molecular complexity index is 1480. The van der Waals surface area contributed by atoms with E-state index >= 15 is 0 Å². The minimum atomic E-state index is -1.05. The Hall–Kier alpha value is -4.00. The summed E-state index contributed by atoms with van der Waals surface area (Å²) in [6, 6.07) is 4.10. The first kappa shape index (κ1) is 26.6. The predicted octanol–water partition coefficient (Wildman–Crippen LogP) is 3.20. The van der Waals surface area contributed by atoms with E-state index in [1.807, 2.05) is 0 Å². The van der Waals surface area contributed by atoms with Crippen LogP contribution in [0.3, 0.4) is 0 Å². The second-order valence-corrected chi connectivity index (χ2v) is 10.8. The zero-order valence-corrected chi connectivity index (χ0v) is 22.5. The van der Waals surface area contributed by atoms with Crippen LogP contribution >= 0.6 is 0 Å². The number of methoxy groups -OCH3 is 1. The number of carbonyl (C=O) groups is 2. The minimum absolute atomic E-state index is 0.0644. The van der Waals surface area contributed by atoms with E-state index in [0.29, 0.717) is 0 Å². The Morgan fingerprint density at radius 1 is 1.26 bits per heavy atom. The maximum atomic E-state index is 13.7. The number of hydrogen-bond donors (Lipinski definition) is 2. The lowest BCUT2D eigenvalue weighted by Crippen LogP contribution is -2.51. The average Bonchev–Trinajstić information content (AvgIpc) is 3.42. The lowest BCUT2D eigenvalue weighted by molar-refractivity contribution is 0.00732. The molecule has 208 valence electrons.